The molecule has 3 rings (SSSR count). The third kappa shape index (κ3) is 4.92. The zero-order valence-electron chi connectivity index (χ0n) is 15.3. The van der Waals surface area contributed by atoms with Crippen molar-refractivity contribution >= 4 is 5.57 Å². The largest absolute Gasteiger partial charge is 0.454 e. The molecule has 1 fully saturated rings. The Balaban J connectivity index is 1.60. The lowest BCUT2D eigenvalue weighted by molar-refractivity contribution is 0.210. The van der Waals surface area contributed by atoms with Gasteiger partial charge >= 0.3 is 0 Å². The molecule has 2 aromatic carbocycles. The summed E-state index contributed by atoms with van der Waals surface area (Å²) in [5, 5.41) is 0. The smallest absolute Gasteiger partial charge is 0.168 e. The summed E-state index contributed by atoms with van der Waals surface area (Å²) in [5.74, 6) is 0.0627. The number of nitrogens with zero attached hydrogens (tertiary/aromatic N) is 1. The number of halogens is 2. The summed E-state index contributed by atoms with van der Waals surface area (Å²) in [4.78, 5) is 2.48. The Kier molecular flexibility index (Phi) is 6.04. The SMILES string of the molecule is CC(=CCN1CCC(C)CC1)c1ccc(Oc2ccc(F)cc2F)cc1. The van der Waals surface area contributed by atoms with Crippen molar-refractivity contribution in [1.82, 2.24) is 4.90 Å². The summed E-state index contributed by atoms with van der Waals surface area (Å²) in [7, 11) is 0. The van der Waals surface area contributed by atoms with Crippen molar-refractivity contribution in [3.63, 3.8) is 0 Å². The predicted octanol–water partition coefficient (Wildman–Crippen LogP) is 5.89. The van der Waals surface area contributed by atoms with Crippen LogP contribution in [0.5, 0.6) is 11.5 Å². The zero-order chi connectivity index (χ0) is 18.5. The highest BCUT2D eigenvalue weighted by atomic mass is 19.1. The molecule has 0 radical (unpaired) electrons. The summed E-state index contributed by atoms with van der Waals surface area (Å²) in [6.07, 6.45) is 4.81. The van der Waals surface area contributed by atoms with Crippen LogP contribution in [0.25, 0.3) is 5.57 Å². The summed E-state index contributed by atoms with van der Waals surface area (Å²) in [6.45, 7) is 7.72. The molecular formula is C22H25F2NO. The van der Waals surface area contributed by atoms with Gasteiger partial charge in [-0.1, -0.05) is 25.1 Å². The fourth-order valence-electron chi connectivity index (χ4n) is 3.10. The van der Waals surface area contributed by atoms with E-state index in [4.69, 9.17) is 4.74 Å². The molecule has 2 aromatic rings. The van der Waals surface area contributed by atoms with Gasteiger partial charge in [-0.05, 0) is 74.2 Å². The van der Waals surface area contributed by atoms with Gasteiger partial charge in [-0.2, -0.15) is 0 Å². The van der Waals surface area contributed by atoms with Gasteiger partial charge in [0.05, 0.1) is 0 Å². The van der Waals surface area contributed by atoms with Crippen LogP contribution in [0.15, 0.2) is 48.5 Å². The Hall–Kier alpha value is -2.20. The second kappa shape index (κ2) is 8.45. The molecule has 1 saturated heterocycles. The normalized spacial score (nSPS) is 16.7. The Morgan fingerprint density at radius 3 is 2.46 bits per heavy atom. The van der Waals surface area contributed by atoms with Crippen LogP contribution in [0.1, 0.15) is 32.3 Å². The van der Waals surface area contributed by atoms with Crippen LogP contribution < -0.4 is 4.74 Å². The van der Waals surface area contributed by atoms with E-state index in [0.29, 0.717) is 5.75 Å². The summed E-state index contributed by atoms with van der Waals surface area (Å²) in [6, 6.07) is 10.8. The molecule has 0 atom stereocenters. The van der Waals surface area contributed by atoms with Gasteiger partial charge in [-0.15, -0.1) is 0 Å². The van der Waals surface area contributed by atoms with E-state index in [1.807, 2.05) is 12.1 Å². The molecule has 1 heterocycles. The lowest BCUT2D eigenvalue weighted by Gasteiger charge is -2.29. The molecule has 1 aliphatic rings. The van der Waals surface area contributed by atoms with Gasteiger partial charge in [-0.25, -0.2) is 8.78 Å². The van der Waals surface area contributed by atoms with Crippen LogP contribution in [0.2, 0.25) is 0 Å². The topological polar surface area (TPSA) is 12.5 Å². The Labute approximate surface area is 154 Å². The molecule has 4 heteroatoms. The maximum atomic E-state index is 13.7. The van der Waals surface area contributed by atoms with Gasteiger partial charge < -0.3 is 4.74 Å². The molecule has 2 nitrogen and oxygen atoms in total. The van der Waals surface area contributed by atoms with Gasteiger partial charge in [0.2, 0.25) is 0 Å². The molecule has 0 aromatic heterocycles. The van der Waals surface area contributed by atoms with Crippen molar-refractivity contribution in [1.29, 1.82) is 0 Å². The van der Waals surface area contributed by atoms with E-state index in [1.165, 1.54) is 43.6 Å². The number of allylic oxidation sites excluding steroid dienone is 1. The third-order valence-corrected chi connectivity index (χ3v) is 4.96. The monoisotopic (exact) mass is 357 g/mol. The van der Waals surface area contributed by atoms with E-state index in [1.54, 1.807) is 12.1 Å². The average molecular weight is 357 g/mol. The average Bonchev–Trinajstić information content (AvgIpc) is 2.64. The van der Waals surface area contributed by atoms with E-state index in [9.17, 15) is 8.78 Å². The number of piperidine rings is 1. The number of ether oxygens (including phenoxy) is 1. The number of benzene rings is 2. The molecule has 26 heavy (non-hydrogen) atoms. The van der Waals surface area contributed by atoms with Crippen molar-refractivity contribution in [3.05, 3.63) is 65.7 Å². The van der Waals surface area contributed by atoms with Crippen LogP contribution in [-0.4, -0.2) is 24.5 Å². The molecule has 138 valence electrons. The Morgan fingerprint density at radius 2 is 1.81 bits per heavy atom. The van der Waals surface area contributed by atoms with Gasteiger partial charge in [-0.3, -0.25) is 4.90 Å². The van der Waals surface area contributed by atoms with Crippen molar-refractivity contribution in [2.45, 2.75) is 26.7 Å². The first kappa shape index (κ1) is 18.6. The minimum absolute atomic E-state index is 0.0192. The highest BCUT2D eigenvalue weighted by molar-refractivity contribution is 5.64. The quantitative estimate of drug-likeness (QED) is 0.661. The maximum Gasteiger partial charge on any atom is 0.168 e. The highest BCUT2D eigenvalue weighted by Crippen LogP contribution is 2.26. The summed E-state index contributed by atoms with van der Waals surface area (Å²) >= 11 is 0. The Morgan fingerprint density at radius 1 is 1.12 bits per heavy atom. The van der Waals surface area contributed by atoms with Crippen LogP contribution >= 0.6 is 0 Å². The van der Waals surface area contributed by atoms with E-state index in [-0.39, 0.29) is 5.75 Å². The standard InChI is InChI=1S/C22H25F2NO/c1-16-9-12-25(13-10-16)14-11-17(2)18-3-6-20(7-4-18)26-22-8-5-19(23)15-21(22)24/h3-8,11,15-16H,9-10,12-14H2,1-2H3. The first-order chi connectivity index (χ1) is 12.5. The molecule has 0 unspecified atom stereocenters. The molecule has 0 bridgehead atoms. The van der Waals surface area contributed by atoms with E-state index in [2.05, 4.69) is 24.8 Å². The first-order valence-electron chi connectivity index (χ1n) is 9.14. The lowest BCUT2D eigenvalue weighted by atomic mass is 9.99. The van der Waals surface area contributed by atoms with Gasteiger partial charge in [0, 0.05) is 12.6 Å². The Bertz CT molecular complexity index is 762. The fourth-order valence-corrected chi connectivity index (χ4v) is 3.10. The van der Waals surface area contributed by atoms with Crippen molar-refractivity contribution < 1.29 is 13.5 Å². The fraction of sp³-hybridized carbons (Fsp3) is 0.364. The predicted molar refractivity (Wildman–Crippen MR) is 101 cm³/mol. The summed E-state index contributed by atoms with van der Waals surface area (Å²) < 4.78 is 32.1. The van der Waals surface area contributed by atoms with Crippen LogP contribution in [-0.2, 0) is 0 Å². The second-order valence-corrected chi connectivity index (χ2v) is 7.07. The van der Waals surface area contributed by atoms with Crippen molar-refractivity contribution in [2.75, 3.05) is 19.6 Å². The molecule has 0 N–H and O–H groups in total. The van der Waals surface area contributed by atoms with Gasteiger partial charge in [0.15, 0.2) is 11.6 Å². The molecule has 0 saturated carbocycles. The van der Waals surface area contributed by atoms with E-state index in [0.717, 1.165) is 24.1 Å². The molecular weight excluding hydrogens is 332 g/mol. The van der Waals surface area contributed by atoms with Crippen LogP contribution in [0, 0.1) is 17.6 Å². The van der Waals surface area contributed by atoms with E-state index < -0.39 is 11.6 Å². The maximum absolute atomic E-state index is 13.7. The van der Waals surface area contributed by atoms with Crippen LogP contribution in [0.4, 0.5) is 8.78 Å². The van der Waals surface area contributed by atoms with Gasteiger partial charge in [0.1, 0.15) is 11.6 Å². The lowest BCUT2D eigenvalue weighted by Crippen LogP contribution is -2.32. The van der Waals surface area contributed by atoms with Gasteiger partial charge in [0.25, 0.3) is 0 Å². The minimum Gasteiger partial charge on any atom is -0.454 e. The zero-order valence-corrected chi connectivity index (χ0v) is 15.3. The second-order valence-electron chi connectivity index (χ2n) is 7.07. The summed E-state index contributed by atoms with van der Waals surface area (Å²) in [5.41, 5.74) is 2.32. The molecule has 0 aliphatic carbocycles. The number of hydrogen-bond donors (Lipinski definition) is 0. The highest BCUT2D eigenvalue weighted by Gasteiger charge is 2.14. The first-order valence-corrected chi connectivity index (χ1v) is 9.14. The van der Waals surface area contributed by atoms with Crippen molar-refractivity contribution in [2.24, 2.45) is 5.92 Å². The molecule has 1 aliphatic heterocycles. The van der Waals surface area contributed by atoms with E-state index >= 15 is 0 Å². The number of likely N-dealkylation sites (tertiary alicyclic amines) is 1. The molecule has 0 spiro atoms. The number of rotatable bonds is 5. The molecule has 0 amide bonds. The van der Waals surface area contributed by atoms with Crippen LogP contribution in [0.3, 0.4) is 0 Å². The minimum atomic E-state index is -0.707. The van der Waals surface area contributed by atoms with Crippen molar-refractivity contribution in [3.8, 4) is 11.5 Å². The third-order valence-electron chi connectivity index (χ3n) is 4.96. The number of hydrogen-bond acceptors (Lipinski definition) is 2.